The maximum Gasteiger partial charge on any atom is 0.337 e. The van der Waals surface area contributed by atoms with Crippen molar-refractivity contribution in [1.29, 1.82) is 0 Å². The second kappa shape index (κ2) is 5.92. The molecule has 0 amide bonds. The van der Waals surface area contributed by atoms with Crippen molar-refractivity contribution >= 4 is 69.5 Å². The van der Waals surface area contributed by atoms with E-state index >= 15 is 0 Å². The molecule has 24 heavy (non-hydrogen) atoms. The van der Waals surface area contributed by atoms with Crippen LogP contribution >= 0.6 is 63.7 Å². The first-order chi connectivity index (χ1) is 11.0. The molecule has 132 valence electrons. The highest BCUT2D eigenvalue weighted by Crippen LogP contribution is 2.59. The Kier molecular flexibility index (Phi) is 4.71. The number of carbonyl (C=O) groups is 1. The molecule has 1 heterocycles. The van der Waals surface area contributed by atoms with E-state index in [4.69, 9.17) is 14.2 Å². The Bertz CT molecular complexity index is 750. The summed E-state index contributed by atoms with van der Waals surface area (Å²) in [7, 11) is 1.33. The number of fused-ring (bicyclic) bond motifs is 2. The van der Waals surface area contributed by atoms with Crippen molar-refractivity contribution in [3.63, 3.8) is 0 Å². The van der Waals surface area contributed by atoms with Crippen molar-refractivity contribution in [2.45, 2.75) is 38.3 Å². The molecule has 1 aromatic rings. The molecular weight excluding hydrogens is 580 g/mol. The molecule has 1 fully saturated rings. The minimum absolute atomic E-state index is 0.177. The van der Waals surface area contributed by atoms with E-state index in [-0.39, 0.29) is 30.1 Å². The number of ether oxygens (including phenoxy) is 3. The summed E-state index contributed by atoms with van der Waals surface area (Å²) in [6.07, 6.45) is 0.384. The van der Waals surface area contributed by atoms with Gasteiger partial charge in [0.1, 0.15) is 0 Å². The number of carbonyl (C=O) groups excluding carboxylic acids is 1. The Hall–Kier alpha value is 0.330. The van der Waals surface area contributed by atoms with Gasteiger partial charge in [0, 0.05) is 20.0 Å². The molecule has 1 saturated carbocycles. The molecule has 0 saturated heterocycles. The van der Waals surface area contributed by atoms with Crippen LogP contribution in [0.3, 0.4) is 0 Å². The van der Waals surface area contributed by atoms with Crippen molar-refractivity contribution in [2.75, 3.05) is 7.11 Å². The lowest BCUT2D eigenvalue weighted by Gasteiger charge is -2.53. The summed E-state index contributed by atoms with van der Waals surface area (Å²) < 4.78 is 19.8. The van der Waals surface area contributed by atoms with E-state index in [1.54, 1.807) is 0 Å². The normalized spacial score (nSPS) is 30.9. The second-order valence-electron chi connectivity index (χ2n) is 6.66. The number of halogens is 4. The van der Waals surface area contributed by atoms with Crippen LogP contribution in [0.25, 0.3) is 0 Å². The summed E-state index contributed by atoms with van der Waals surface area (Å²) in [5.41, 5.74) is -0.453. The first kappa shape index (κ1) is 19.1. The van der Waals surface area contributed by atoms with E-state index in [1.807, 2.05) is 13.8 Å². The molecule has 0 spiro atoms. The summed E-state index contributed by atoms with van der Waals surface area (Å²) in [5.74, 6) is -3.65. The highest BCUT2D eigenvalue weighted by molar-refractivity contribution is 9.15. The summed E-state index contributed by atoms with van der Waals surface area (Å²) >= 11 is 13.7. The molecule has 1 aliphatic carbocycles. The van der Waals surface area contributed by atoms with Crippen LogP contribution in [0.4, 0.5) is 0 Å². The molecule has 9 heteroatoms. The minimum atomic E-state index is -1.94. The van der Waals surface area contributed by atoms with Gasteiger partial charge in [0.25, 0.3) is 5.79 Å². The van der Waals surface area contributed by atoms with Gasteiger partial charge in [-0.1, -0.05) is 13.8 Å². The molecule has 1 aromatic carbocycles. The van der Waals surface area contributed by atoms with Gasteiger partial charge in [-0.2, -0.15) is 0 Å². The van der Waals surface area contributed by atoms with Crippen LogP contribution in [0.2, 0.25) is 0 Å². The Morgan fingerprint density at radius 3 is 2.00 bits per heavy atom. The average Bonchev–Trinajstić information content (AvgIpc) is 2.48. The topological polar surface area (TPSA) is 65.0 Å². The molecule has 0 aromatic heterocycles. The fourth-order valence-electron chi connectivity index (χ4n) is 3.24. The van der Waals surface area contributed by atoms with Crippen molar-refractivity contribution in [3.8, 4) is 11.5 Å². The van der Waals surface area contributed by atoms with E-state index in [1.165, 1.54) is 7.11 Å². The highest BCUT2D eigenvalue weighted by Gasteiger charge is 2.69. The van der Waals surface area contributed by atoms with Gasteiger partial charge in [0.15, 0.2) is 11.5 Å². The maximum atomic E-state index is 12.8. The molecule has 1 aliphatic heterocycles. The maximum absolute atomic E-state index is 12.8. The van der Waals surface area contributed by atoms with Gasteiger partial charge in [-0.15, -0.1) is 0 Å². The Morgan fingerprint density at radius 2 is 1.50 bits per heavy atom. The van der Waals surface area contributed by atoms with Gasteiger partial charge in [-0.05, 0) is 69.1 Å². The van der Waals surface area contributed by atoms with E-state index in [0.29, 0.717) is 17.9 Å². The first-order valence-electron chi connectivity index (χ1n) is 7.03. The molecular formula is C15H14Br4O5. The smallest absolute Gasteiger partial charge is 0.337 e. The summed E-state index contributed by atoms with van der Waals surface area (Å²) in [6, 6.07) is 0. The van der Waals surface area contributed by atoms with Crippen molar-refractivity contribution < 1.29 is 24.1 Å². The number of rotatable bonds is 1. The van der Waals surface area contributed by atoms with Gasteiger partial charge in [0.05, 0.1) is 17.9 Å². The van der Waals surface area contributed by atoms with Crippen LogP contribution < -0.4 is 9.47 Å². The van der Waals surface area contributed by atoms with Crippen molar-refractivity contribution in [2.24, 2.45) is 5.41 Å². The van der Waals surface area contributed by atoms with Crippen LogP contribution in [0, 0.1) is 5.41 Å². The molecule has 0 radical (unpaired) electrons. The fourth-order valence-corrected chi connectivity index (χ4v) is 5.44. The number of hydrogen-bond acceptors (Lipinski definition) is 5. The summed E-state index contributed by atoms with van der Waals surface area (Å²) in [5, 5.41) is 11.2. The van der Waals surface area contributed by atoms with Gasteiger partial charge in [0.2, 0.25) is 5.78 Å². The van der Waals surface area contributed by atoms with Crippen molar-refractivity contribution in [1.82, 2.24) is 0 Å². The lowest BCUT2D eigenvalue weighted by atomic mass is 9.70. The largest absolute Gasteiger partial charge is 0.450 e. The van der Waals surface area contributed by atoms with Gasteiger partial charge >= 0.3 is 5.79 Å². The van der Waals surface area contributed by atoms with Gasteiger partial charge in [-0.3, -0.25) is 4.79 Å². The molecule has 2 unspecified atom stereocenters. The third-order valence-electron chi connectivity index (χ3n) is 4.23. The zero-order valence-corrected chi connectivity index (χ0v) is 19.4. The van der Waals surface area contributed by atoms with Crippen LogP contribution in [0.15, 0.2) is 17.9 Å². The molecule has 2 aliphatic rings. The number of benzene rings is 1. The number of hydrogen-bond donors (Lipinski definition) is 1. The van der Waals surface area contributed by atoms with Crippen LogP contribution in [0.1, 0.15) is 26.7 Å². The fraction of sp³-hybridized carbons (Fsp3) is 0.533. The Balaban J connectivity index is 2.26. The second-order valence-corrected chi connectivity index (χ2v) is 9.84. The molecule has 2 atom stereocenters. The van der Waals surface area contributed by atoms with Gasteiger partial charge in [-0.25, -0.2) is 0 Å². The Morgan fingerprint density at radius 1 is 1.00 bits per heavy atom. The standard InChI is InChI=1S/C15H14Br4O5/c1-13(2)4-6(20)15(22-3)14(21,5-13)23-11-9(18)7(16)8(17)10(19)12(11)24-15/h21H,4-5H2,1-3H3. The zero-order chi connectivity index (χ0) is 18.1. The van der Waals surface area contributed by atoms with E-state index in [9.17, 15) is 9.90 Å². The van der Waals surface area contributed by atoms with E-state index in [2.05, 4.69) is 63.7 Å². The number of methoxy groups -OCH3 is 1. The lowest BCUT2D eigenvalue weighted by Crippen LogP contribution is -2.72. The summed E-state index contributed by atoms with van der Waals surface area (Å²) in [6.45, 7) is 3.79. The monoisotopic (exact) mass is 590 g/mol. The minimum Gasteiger partial charge on any atom is -0.450 e. The third kappa shape index (κ3) is 2.53. The predicted octanol–water partition coefficient (Wildman–Crippen LogP) is 4.93. The van der Waals surface area contributed by atoms with E-state index < -0.39 is 17.0 Å². The molecule has 3 rings (SSSR count). The molecule has 5 nitrogen and oxygen atoms in total. The SMILES string of the molecule is COC12Oc3c(Br)c(Br)c(Br)c(Br)c3OC1(O)CC(C)(C)CC2=O. The van der Waals surface area contributed by atoms with Crippen LogP contribution in [-0.4, -0.2) is 29.6 Å². The first-order valence-corrected chi connectivity index (χ1v) is 10.2. The quantitative estimate of drug-likeness (QED) is 0.370. The lowest BCUT2D eigenvalue weighted by molar-refractivity contribution is -0.351. The molecule has 0 bridgehead atoms. The Labute approximate surface area is 172 Å². The van der Waals surface area contributed by atoms with Crippen molar-refractivity contribution in [3.05, 3.63) is 17.9 Å². The predicted molar refractivity (Wildman–Crippen MR) is 101 cm³/mol. The van der Waals surface area contributed by atoms with Crippen LogP contribution in [0.5, 0.6) is 11.5 Å². The zero-order valence-electron chi connectivity index (χ0n) is 13.0. The van der Waals surface area contributed by atoms with E-state index in [0.717, 1.165) is 0 Å². The van der Waals surface area contributed by atoms with Crippen LogP contribution in [-0.2, 0) is 9.53 Å². The third-order valence-corrected chi connectivity index (χ3v) is 8.92. The highest BCUT2D eigenvalue weighted by atomic mass is 79.9. The van der Waals surface area contributed by atoms with Gasteiger partial charge < -0.3 is 19.3 Å². The average molecular weight is 594 g/mol. The summed E-state index contributed by atoms with van der Waals surface area (Å²) in [4.78, 5) is 12.8. The molecule has 1 N–H and O–H groups in total. The number of aliphatic hydroxyl groups is 1. The number of ketones is 1. The number of Topliss-reactive ketones (excluding diaryl/α,β-unsaturated/α-hetero) is 1.